The molecule has 1 unspecified atom stereocenters. The SMILES string of the molecule is CCCCCCC(=O)OC[C@H](COP(=O)(O)O[C@H]1[C@H](O)[C@@H](O)[C@H](O)[C@@H](O)[C@H]1OC)OC(=O)CCCCCC. The molecule has 0 radical (unpaired) electrons. The fourth-order valence-corrected chi connectivity index (χ4v) is 4.92. The number of hydrogen-bond acceptors (Lipinski definition) is 12. The van der Waals surface area contributed by atoms with Crippen molar-refractivity contribution in [3.63, 3.8) is 0 Å². The molecule has 14 heteroatoms. The molecule has 0 aromatic carbocycles. The fourth-order valence-electron chi connectivity index (χ4n) is 3.95. The summed E-state index contributed by atoms with van der Waals surface area (Å²) >= 11 is 0. The molecule has 5 N–H and O–H groups in total. The van der Waals surface area contributed by atoms with Gasteiger partial charge in [0.2, 0.25) is 0 Å². The predicted octanol–water partition coefficient (Wildman–Crippen LogP) is 1.36. The second-order valence-corrected chi connectivity index (χ2v) is 10.8. The second-order valence-electron chi connectivity index (χ2n) is 9.41. The zero-order valence-corrected chi connectivity index (χ0v) is 23.4. The van der Waals surface area contributed by atoms with Crippen LogP contribution >= 0.6 is 7.82 Å². The molecule has 0 aliphatic heterocycles. The Morgan fingerprint density at radius 3 is 1.82 bits per heavy atom. The number of aliphatic hydroxyl groups is 4. The maximum Gasteiger partial charge on any atom is 0.472 e. The van der Waals surface area contributed by atoms with Crippen LogP contribution in [-0.4, -0.2) is 100 Å². The molecule has 0 aromatic heterocycles. The van der Waals surface area contributed by atoms with Crippen molar-refractivity contribution < 1.29 is 62.7 Å². The van der Waals surface area contributed by atoms with E-state index >= 15 is 0 Å². The standard InChI is InChI=1S/C24H45O13P/c1-4-6-8-10-12-17(25)34-14-16(36-18(26)13-11-9-7-5-2)15-35-38(31,32)37-24-22(30)20(28)19(27)21(29)23(24)33-3/h16,19-24,27-30H,4-15H2,1-3H3,(H,31,32)/t16-,19+,20+,21-,22-,23-,24+/m1/s1. The van der Waals surface area contributed by atoms with Gasteiger partial charge in [-0.25, -0.2) is 4.57 Å². The van der Waals surface area contributed by atoms with Crippen LogP contribution in [0.5, 0.6) is 0 Å². The summed E-state index contributed by atoms with van der Waals surface area (Å²) in [6.07, 6.45) is -4.60. The van der Waals surface area contributed by atoms with E-state index in [4.69, 9.17) is 23.3 Å². The van der Waals surface area contributed by atoms with Crippen molar-refractivity contribution in [2.45, 2.75) is 121 Å². The number of unbranched alkanes of at least 4 members (excludes halogenated alkanes) is 6. The van der Waals surface area contributed by atoms with Gasteiger partial charge in [0, 0.05) is 20.0 Å². The van der Waals surface area contributed by atoms with Crippen LogP contribution in [0.2, 0.25) is 0 Å². The van der Waals surface area contributed by atoms with Crippen molar-refractivity contribution in [2.24, 2.45) is 0 Å². The number of esters is 2. The Bertz CT molecular complexity index is 736. The number of phosphoric ester groups is 1. The van der Waals surface area contributed by atoms with Crippen molar-refractivity contribution in [1.29, 1.82) is 0 Å². The molecule has 1 rings (SSSR count). The maximum absolute atomic E-state index is 12.6. The number of ether oxygens (including phenoxy) is 3. The molecule has 224 valence electrons. The van der Waals surface area contributed by atoms with Gasteiger partial charge in [-0.05, 0) is 12.8 Å². The predicted molar refractivity (Wildman–Crippen MR) is 134 cm³/mol. The number of carbonyl (C=O) groups is 2. The van der Waals surface area contributed by atoms with Gasteiger partial charge in [-0.3, -0.25) is 18.6 Å². The van der Waals surface area contributed by atoms with E-state index in [9.17, 15) is 39.5 Å². The van der Waals surface area contributed by atoms with E-state index in [0.29, 0.717) is 12.8 Å². The van der Waals surface area contributed by atoms with Crippen molar-refractivity contribution in [3.8, 4) is 0 Å². The van der Waals surface area contributed by atoms with E-state index in [1.165, 1.54) is 0 Å². The van der Waals surface area contributed by atoms with Crippen molar-refractivity contribution in [1.82, 2.24) is 0 Å². The third-order valence-electron chi connectivity index (χ3n) is 6.19. The normalized spacial score (nSPS) is 27.9. The summed E-state index contributed by atoms with van der Waals surface area (Å²) in [6.45, 7) is 2.97. The lowest BCUT2D eigenvalue weighted by Gasteiger charge is -2.43. The minimum absolute atomic E-state index is 0.108. The van der Waals surface area contributed by atoms with Crippen LogP contribution in [0.1, 0.15) is 78.1 Å². The van der Waals surface area contributed by atoms with Gasteiger partial charge < -0.3 is 39.5 Å². The van der Waals surface area contributed by atoms with Crippen LogP contribution in [0.3, 0.4) is 0 Å². The van der Waals surface area contributed by atoms with Gasteiger partial charge in [0.15, 0.2) is 6.10 Å². The molecule has 38 heavy (non-hydrogen) atoms. The lowest BCUT2D eigenvalue weighted by molar-refractivity contribution is -0.226. The third kappa shape index (κ3) is 12.4. The van der Waals surface area contributed by atoms with Gasteiger partial charge in [0.05, 0.1) is 6.61 Å². The number of carbonyl (C=O) groups excluding carboxylic acids is 2. The Kier molecular flexibility index (Phi) is 16.7. The molecule has 0 heterocycles. The van der Waals surface area contributed by atoms with Gasteiger partial charge in [-0.1, -0.05) is 52.4 Å². The Balaban J connectivity index is 2.77. The maximum atomic E-state index is 12.6. The highest BCUT2D eigenvalue weighted by molar-refractivity contribution is 7.47. The smallest absolute Gasteiger partial charge is 0.462 e. The summed E-state index contributed by atoms with van der Waals surface area (Å²) in [5.41, 5.74) is 0. The molecule has 0 amide bonds. The minimum atomic E-state index is -5.00. The van der Waals surface area contributed by atoms with Gasteiger partial charge in [-0.2, -0.15) is 0 Å². The summed E-state index contributed by atoms with van der Waals surface area (Å²) < 4.78 is 38.0. The van der Waals surface area contributed by atoms with E-state index in [1.807, 2.05) is 13.8 Å². The zero-order chi connectivity index (χ0) is 28.7. The number of aliphatic hydroxyl groups excluding tert-OH is 4. The number of methoxy groups -OCH3 is 1. The van der Waals surface area contributed by atoms with Gasteiger partial charge in [-0.15, -0.1) is 0 Å². The van der Waals surface area contributed by atoms with Crippen LogP contribution in [0.15, 0.2) is 0 Å². The second kappa shape index (κ2) is 18.2. The van der Waals surface area contributed by atoms with Crippen LogP contribution in [0, 0.1) is 0 Å². The molecule has 1 fully saturated rings. The summed E-state index contributed by atoms with van der Waals surface area (Å²) in [6, 6.07) is 0. The molecule has 0 bridgehead atoms. The Hall–Kier alpha value is -1.15. The van der Waals surface area contributed by atoms with E-state index < -0.39 is 75.7 Å². The Morgan fingerprint density at radius 2 is 1.29 bits per heavy atom. The van der Waals surface area contributed by atoms with Gasteiger partial charge in [0.25, 0.3) is 0 Å². The summed E-state index contributed by atoms with van der Waals surface area (Å²) in [5, 5.41) is 40.0. The van der Waals surface area contributed by atoms with E-state index in [-0.39, 0.29) is 12.8 Å². The average molecular weight is 573 g/mol. The molecule has 0 aromatic rings. The lowest BCUT2D eigenvalue weighted by atomic mass is 9.85. The highest BCUT2D eigenvalue weighted by atomic mass is 31.2. The van der Waals surface area contributed by atoms with Crippen LogP contribution in [0.25, 0.3) is 0 Å². The van der Waals surface area contributed by atoms with Crippen LogP contribution in [0.4, 0.5) is 0 Å². The molecule has 8 atom stereocenters. The fraction of sp³-hybridized carbons (Fsp3) is 0.917. The summed E-state index contributed by atoms with van der Waals surface area (Å²) in [4.78, 5) is 34.6. The van der Waals surface area contributed by atoms with Crippen LogP contribution in [-0.2, 0) is 37.4 Å². The average Bonchev–Trinajstić information content (AvgIpc) is 2.88. The van der Waals surface area contributed by atoms with Crippen molar-refractivity contribution in [3.05, 3.63) is 0 Å². The first-order valence-electron chi connectivity index (χ1n) is 13.2. The van der Waals surface area contributed by atoms with E-state index in [2.05, 4.69) is 0 Å². The molecule has 1 aliphatic rings. The number of rotatable bonds is 19. The van der Waals surface area contributed by atoms with Crippen LogP contribution < -0.4 is 0 Å². The van der Waals surface area contributed by atoms with Crippen molar-refractivity contribution >= 4 is 19.8 Å². The first-order chi connectivity index (χ1) is 18.0. The van der Waals surface area contributed by atoms with E-state index in [1.54, 1.807) is 0 Å². The number of phosphoric acid groups is 1. The highest BCUT2D eigenvalue weighted by Crippen LogP contribution is 2.47. The van der Waals surface area contributed by atoms with Gasteiger partial charge in [0.1, 0.15) is 43.2 Å². The molecule has 0 saturated heterocycles. The quantitative estimate of drug-likeness (QED) is 0.0845. The largest absolute Gasteiger partial charge is 0.472 e. The molecular formula is C24H45O13P. The third-order valence-corrected chi connectivity index (χ3v) is 7.18. The first-order valence-corrected chi connectivity index (χ1v) is 14.7. The Labute approximate surface area is 224 Å². The number of hydrogen-bond donors (Lipinski definition) is 5. The Morgan fingerprint density at radius 1 is 0.763 bits per heavy atom. The lowest BCUT2D eigenvalue weighted by Crippen LogP contribution is -2.64. The minimum Gasteiger partial charge on any atom is -0.462 e. The molecule has 0 spiro atoms. The summed E-state index contributed by atoms with van der Waals surface area (Å²) in [7, 11) is -3.89. The van der Waals surface area contributed by atoms with Gasteiger partial charge >= 0.3 is 19.8 Å². The topological polar surface area (TPSA) is 199 Å². The first kappa shape index (κ1) is 34.9. The highest BCUT2D eigenvalue weighted by Gasteiger charge is 2.52. The van der Waals surface area contributed by atoms with Crippen molar-refractivity contribution in [2.75, 3.05) is 20.3 Å². The molecule has 13 nitrogen and oxygen atoms in total. The van der Waals surface area contributed by atoms with E-state index in [0.717, 1.165) is 45.6 Å². The summed E-state index contributed by atoms with van der Waals surface area (Å²) in [5.74, 6) is -1.10. The molecule has 1 saturated carbocycles. The molecule has 1 aliphatic carbocycles. The molecular weight excluding hydrogens is 527 g/mol. The monoisotopic (exact) mass is 572 g/mol. The zero-order valence-electron chi connectivity index (χ0n) is 22.5.